The summed E-state index contributed by atoms with van der Waals surface area (Å²) in [7, 11) is 0. The molecule has 0 spiro atoms. The van der Waals surface area contributed by atoms with Gasteiger partial charge in [0.05, 0.1) is 5.75 Å². The lowest BCUT2D eigenvalue weighted by molar-refractivity contribution is -0.119. The van der Waals surface area contributed by atoms with Gasteiger partial charge >= 0.3 is 0 Å². The third-order valence-electron chi connectivity index (χ3n) is 2.96. The van der Waals surface area contributed by atoms with Crippen LogP contribution in [0.25, 0.3) is 0 Å². The number of hydrogen-bond acceptors (Lipinski definition) is 6. The van der Waals surface area contributed by atoms with Crippen molar-refractivity contribution >= 4 is 34.1 Å². The zero-order chi connectivity index (χ0) is 15.5. The molecule has 1 amide bonds. The summed E-state index contributed by atoms with van der Waals surface area (Å²) in [6.07, 6.45) is 6.02. The normalized spacial score (nSPS) is 12.1. The van der Waals surface area contributed by atoms with E-state index in [4.69, 9.17) is 0 Å². The quantitative estimate of drug-likeness (QED) is 0.480. The average Bonchev–Trinajstić information content (AvgIpc) is 2.90. The van der Waals surface area contributed by atoms with Crippen LogP contribution in [0.4, 0.5) is 5.13 Å². The minimum atomic E-state index is 0.0724. The molecule has 0 aliphatic carbocycles. The molecule has 21 heavy (non-hydrogen) atoms. The molecule has 1 atom stereocenters. The largest absolute Gasteiger partial charge is 0.360 e. The Labute approximate surface area is 135 Å². The maximum atomic E-state index is 11.9. The number of carbonyl (C=O) groups is 1. The Morgan fingerprint density at radius 3 is 2.81 bits per heavy atom. The van der Waals surface area contributed by atoms with Crippen LogP contribution in [0, 0.1) is 0 Å². The summed E-state index contributed by atoms with van der Waals surface area (Å²) in [6.45, 7) is 7.12. The molecule has 0 aromatic carbocycles. The number of hydrogen-bond donors (Lipinski definition) is 2. The Balaban J connectivity index is 2.17. The summed E-state index contributed by atoms with van der Waals surface area (Å²) in [5, 5.41) is 15.0. The van der Waals surface area contributed by atoms with E-state index in [1.54, 1.807) is 0 Å². The lowest BCUT2D eigenvalue weighted by Crippen LogP contribution is -2.33. The molecule has 1 aromatic heterocycles. The van der Waals surface area contributed by atoms with Crippen LogP contribution in [0.2, 0.25) is 0 Å². The second-order valence-electron chi connectivity index (χ2n) is 5.01. The molecule has 0 saturated carbocycles. The number of nitrogens with zero attached hydrogens (tertiary/aromatic N) is 2. The van der Waals surface area contributed by atoms with E-state index >= 15 is 0 Å². The second-order valence-corrected chi connectivity index (χ2v) is 7.21. The van der Waals surface area contributed by atoms with Crippen LogP contribution in [0.1, 0.15) is 52.9 Å². The fraction of sp³-hybridized carbons (Fsp3) is 0.786. The van der Waals surface area contributed by atoms with Gasteiger partial charge in [0.2, 0.25) is 11.0 Å². The lowest BCUT2D eigenvalue weighted by Gasteiger charge is -2.13. The van der Waals surface area contributed by atoms with Crippen LogP contribution < -0.4 is 10.6 Å². The first-order valence-electron chi connectivity index (χ1n) is 7.65. The monoisotopic (exact) mass is 330 g/mol. The Kier molecular flexibility index (Phi) is 9.41. The molecule has 0 radical (unpaired) electrons. The van der Waals surface area contributed by atoms with Gasteiger partial charge < -0.3 is 10.6 Å². The van der Waals surface area contributed by atoms with Crippen molar-refractivity contribution in [2.45, 2.75) is 63.3 Å². The number of amides is 1. The van der Waals surface area contributed by atoms with Gasteiger partial charge in [-0.05, 0) is 20.3 Å². The number of aromatic nitrogens is 2. The molecular weight excluding hydrogens is 304 g/mol. The van der Waals surface area contributed by atoms with Crippen molar-refractivity contribution in [1.29, 1.82) is 0 Å². The average molecular weight is 331 g/mol. The van der Waals surface area contributed by atoms with Crippen molar-refractivity contribution in [3.63, 3.8) is 0 Å². The first-order valence-corrected chi connectivity index (χ1v) is 9.45. The van der Waals surface area contributed by atoms with Gasteiger partial charge in [0.1, 0.15) is 0 Å². The van der Waals surface area contributed by atoms with E-state index in [0.29, 0.717) is 5.75 Å². The van der Waals surface area contributed by atoms with Gasteiger partial charge in [-0.1, -0.05) is 55.7 Å². The molecule has 0 fully saturated rings. The van der Waals surface area contributed by atoms with Gasteiger partial charge in [-0.3, -0.25) is 4.79 Å². The van der Waals surface area contributed by atoms with E-state index in [-0.39, 0.29) is 11.9 Å². The smallest absolute Gasteiger partial charge is 0.230 e. The number of rotatable bonds is 11. The first-order chi connectivity index (χ1) is 10.2. The molecule has 5 nitrogen and oxygen atoms in total. The zero-order valence-corrected chi connectivity index (χ0v) is 14.8. The fourth-order valence-corrected chi connectivity index (χ4v) is 3.51. The first kappa shape index (κ1) is 18.2. The van der Waals surface area contributed by atoms with E-state index in [1.165, 1.54) is 48.8 Å². The van der Waals surface area contributed by atoms with Gasteiger partial charge in [0, 0.05) is 12.6 Å². The summed E-state index contributed by atoms with van der Waals surface area (Å²) in [5.41, 5.74) is 0. The van der Waals surface area contributed by atoms with Crippen molar-refractivity contribution in [2.24, 2.45) is 0 Å². The van der Waals surface area contributed by atoms with E-state index in [2.05, 4.69) is 34.7 Å². The molecule has 2 N–H and O–H groups in total. The standard InChI is InChI=1S/C14H26N4OS2/c1-4-6-7-8-9-11(3)16-12(19)10-20-14-18-17-13(21-14)15-5-2/h11H,4-10H2,1-3H3,(H,15,17)(H,16,19)/t11-/m0/s1. The minimum absolute atomic E-state index is 0.0724. The van der Waals surface area contributed by atoms with Gasteiger partial charge in [-0.25, -0.2) is 0 Å². The number of unbranched alkanes of at least 4 members (excludes halogenated alkanes) is 3. The van der Waals surface area contributed by atoms with Crippen LogP contribution in [0.3, 0.4) is 0 Å². The highest BCUT2D eigenvalue weighted by Gasteiger charge is 2.10. The summed E-state index contributed by atoms with van der Waals surface area (Å²) in [6, 6.07) is 0.252. The van der Waals surface area contributed by atoms with E-state index in [0.717, 1.165) is 22.4 Å². The maximum Gasteiger partial charge on any atom is 0.230 e. The molecule has 1 heterocycles. The van der Waals surface area contributed by atoms with Crippen molar-refractivity contribution in [3.05, 3.63) is 0 Å². The summed E-state index contributed by atoms with van der Waals surface area (Å²) >= 11 is 2.93. The van der Waals surface area contributed by atoms with Crippen molar-refractivity contribution in [3.8, 4) is 0 Å². The van der Waals surface area contributed by atoms with Crippen molar-refractivity contribution < 1.29 is 4.79 Å². The number of anilines is 1. The lowest BCUT2D eigenvalue weighted by atomic mass is 10.1. The fourth-order valence-electron chi connectivity index (χ4n) is 1.88. The third kappa shape index (κ3) is 8.26. The molecule has 120 valence electrons. The highest BCUT2D eigenvalue weighted by atomic mass is 32.2. The van der Waals surface area contributed by atoms with E-state index in [9.17, 15) is 4.79 Å². The van der Waals surface area contributed by atoms with Crippen LogP contribution in [0.5, 0.6) is 0 Å². The second kappa shape index (κ2) is 10.8. The van der Waals surface area contributed by atoms with Crippen LogP contribution in [-0.4, -0.2) is 34.4 Å². The summed E-state index contributed by atoms with van der Waals surface area (Å²) in [5.74, 6) is 0.475. The molecule has 1 aromatic rings. The van der Waals surface area contributed by atoms with Crippen LogP contribution >= 0.6 is 23.1 Å². The molecule has 0 aliphatic heterocycles. The molecule has 0 aliphatic rings. The highest BCUT2D eigenvalue weighted by molar-refractivity contribution is 8.01. The van der Waals surface area contributed by atoms with E-state index < -0.39 is 0 Å². The van der Waals surface area contributed by atoms with Crippen LogP contribution in [0.15, 0.2) is 4.34 Å². The van der Waals surface area contributed by atoms with Gasteiger partial charge in [0.25, 0.3) is 0 Å². The summed E-state index contributed by atoms with van der Waals surface area (Å²) in [4.78, 5) is 11.9. The highest BCUT2D eigenvalue weighted by Crippen LogP contribution is 2.25. The topological polar surface area (TPSA) is 66.9 Å². The Bertz CT molecular complexity index is 411. The number of thioether (sulfide) groups is 1. The maximum absolute atomic E-state index is 11.9. The Morgan fingerprint density at radius 1 is 1.29 bits per heavy atom. The predicted molar refractivity (Wildman–Crippen MR) is 91.2 cm³/mol. The SMILES string of the molecule is CCCCCC[C@H](C)NC(=O)CSc1nnc(NCC)s1. The van der Waals surface area contributed by atoms with Crippen molar-refractivity contribution in [2.75, 3.05) is 17.6 Å². The molecule has 0 unspecified atom stereocenters. The number of nitrogens with one attached hydrogen (secondary N) is 2. The van der Waals surface area contributed by atoms with Gasteiger partial charge in [0.15, 0.2) is 4.34 Å². The minimum Gasteiger partial charge on any atom is -0.360 e. The van der Waals surface area contributed by atoms with Gasteiger partial charge in [-0.15, -0.1) is 10.2 Å². The zero-order valence-electron chi connectivity index (χ0n) is 13.1. The van der Waals surface area contributed by atoms with E-state index in [1.807, 2.05) is 6.92 Å². The Hall–Kier alpha value is -0.820. The Morgan fingerprint density at radius 2 is 2.10 bits per heavy atom. The molecule has 1 rings (SSSR count). The summed E-state index contributed by atoms with van der Waals surface area (Å²) < 4.78 is 0.830. The van der Waals surface area contributed by atoms with Gasteiger partial charge in [-0.2, -0.15) is 0 Å². The number of carbonyl (C=O) groups excluding carboxylic acids is 1. The molecule has 7 heteroatoms. The van der Waals surface area contributed by atoms with Crippen molar-refractivity contribution in [1.82, 2.24) is 15.5 Å². The third-order valence-corrected chi connectivity index (χ3v) is 4.97. The molecule has 0 bridgehead atoms. The molecule has 0 saturated heterocycles. The molecular formula is C14H26N4OS2. The van der Waals surface area contributed by atoms with Crippen LogP contribution in [-0.2, 0) is 4.79 Å². The predicted octanol–water partition coefficient (Wildman–Crippen LogP) is 3.54.